The number of hydrogen-bond acceptors (Lipinski definition) is 3. The van der Waals surface area contributed by atoms with E-state index < -0.39 is 17.9 Å². The first-order valence-electron chi connectivity index (χ1n) is 4.48. The number of aromatic amines is 1. The third-order valence-corrected chi connectivity index (χ3v) is 2.55. The SMILES string of the molecule is Cc1c[nH]c(C)c1C1CC(=O)OC1=O. The van der Waals surface area contributed by atoms with E-state index in [0.29, 0.717) is 0 Å². The van der Waals surface area contributed by atoms with Gasteiger partial charge in [0, 0.05) is 11.9 Å². The first-order chi connectivity index (χ1) is 6.59. The molecule has 1 aromatic heterocycles. The zero-order chi connectivity index (χ0) is 10.3. The molecule has 1 atom stereocenters. The summed E-state index contributed by atoms with van der Waals surface area (Å²) < 4.78 is 4.52. The van der Waals surface area contributed by atoms with Crippen molar-refractivity contribution >= 4 is 11.9 Å². The average Bonchev–Trinajstić information content (AvgIpc) is 2.57. The molecule has 1 saturated heterocycles. The molecule has 1 aromatic rings. The maximum Gasteiger partial charge on any atom is 0.321 e. The quantitative estimate of drug-likeness (QED) is 0.538. The Morgan fingerprint density at radius 1 is 1.43 bits per heavy atom. The monoisotopic (exact) mass is 193 g/mol. The Hall–Kier alpha value is -1.58. The topological polar surface area (TPSA) is 59.2 Å². The summed E-state index contributed by atoms with van der Waals surface area (Å²) in [7, 11) is 0. The van der Waals surface area contributed by atoms with Gasteiger partial charge in [0.2, 0.25) is 0 Å². The second-order valence-corrected chi connectivity index (χ2v) is 3.56. The van der Waals surface area contributed by atoms with Crippen LogP contribution in [-0.2, 0) is 14.3 Å². The Morgan fingerprint density at radius 3 is 2.57 bits per heavy atom. The Labute approximate surface area is 81.3 Å². The van der Waals surface area contributed by atoms with Gasteiger partial charge in [0.05, 0.1) is 12.3 Å². The van der Waals surface area contributed by atoms with E-state index >= 15 is 0 Å². The number of esters is 2. The van der Waals surface area contributed by atoms with E-state index in [9.17, 15) is 9.59 Å². The molecule has 1 aliphatic heterocycles. The maximum absolute atomic E-state index is 11.3. The van der Waals surface area contributed by atoms with Crippen LogP contribution in [0.4, 0.5) is 0 Å². The molecule has 0 saturated carbocycles. The van der Waals surface area contributed by atoms with Gasteiger partial charge in [-0.05, 0) is 25.0 Å². The van der Waals surface area contributed by atoms with Gasteiger partial charge in [-0.15, -0.1) is 0 Å². The standard InChI is InChI=1S/C10H11NO3/c1-5-4-11-6(2)9(5)7-3-8(12)14-10(7)13/h4,7,11H,3H2,1-2H3. The molecule has 0 radical (unpaired) electrons. The van der Waals surface area contributed by atoms with Crippen LogP contribution in [0, 0.1) is 13.8 Å². The lowest BCUT2D eigenvalue weighted by Gasteiger charge is -2.05. The van der Waals surface area contributed by atoms with Crippen molar-refractivity contribution in [1.29, 1.82) is 0 Å². The maximum atomic E-state index is 11.3. The molecule has 4 nitrogen and oxygen atoms in total. The van der Waals surface area contributed by atoms with Gasteiger partial charge in [-0.25, -0.2) is 0 Å². The summed E-state index contributed by atoms with van der Waals surface area (Å²) in [6.45, 7) is 3.80. The molecule has 14 heavy (non-hydrogen) atoms. The summed E-state index contributed by atoms with van der Waals surface area (Å²) >= 11 is 0. The molecule has 0 spiro atoms. The first kappa shape index (κ1) is 8.99. The van der Waals surface area contributed by atoms with Crippen molar-refractivity contribution in [3.05, 3.63) is 23.0 Å². The van der Waals surface area contributed by atoms with Crippen LogP contribution in [0.25, 0.3) is 0 Å². The van der Waals surface area contributed by atoms with Crippen molar-refractivity contribution < 1.29 is 14.3 Å². The van der Waals surface area contributed by atoms with Crippen LogP contribution in [0.3, 0.4) is 0 Å². The fourth-order valence-corrected chi connectivity index (χ4v) is 1.90. The van der Waals surface area contributed by atoms with Gasteiger partial charge in [-0.2, -0.15) is 0 Å². The average molecular weight is 193 g/mol. The van der Waals surface area contributed by atoms with Gasteiger partial charge in [0.15, 0.2) is 0 Å². The van der Waals surface area contributed by atoms with Crippen LogP contribution in [-0.4, -0.2) is 16.9 Å². The Kier molecular flexibility index (Phi) is 1.91. The lowest BCUT2D eigenvalue weighted by molar-refractivity contribution is -0.152. The summed E-state index contributed by atoms with van der Waals surface area (Å²) in [5.41, 5.74) is 2.83. The molecule has 1 unspecified atom stereocenters. The number of hydrogen-bond donors (Lipinski definition) is 1. The smallest absolute Gasteiger partial charge is 0.321 e. The third kappa shape index (κ3) is 1.23. The summed E-state index contributed by atoms with van der Waals surface area (Å²) in [5, 5.41) is 0. The minimum absolute atomic E-state index is 0.165. The zero-order valence-electron chi connectivity index (χ0n) is 8.09. The largest absolute Gasteiger partial charge is 0.393 e. The van der Waals surface area contributed by atoms with Gasteiger partial charge >= 0.3 is 11.9 Å². The highest BCUT2D eigenvalue weighted by molar-refractivity contribution is 5.98. The number of aromatic nitrogens is 1. The minimum Gasteiger partial charge on any atom is -0.393 e. The number of cyclic esters (lactones) is 2. The van der Waals surface area contributed by atoms with Crippen molar-refractivity contribution in [2.45, 2.75) is 26.2 Å². The summed E-state index contributed by atoms with van der Waals surface area (Å²) in [5.74, 6) is -1.27. The van der Waals surface area contributed by atoms with Crippen molar-refractivity contribution in [3.8, 4) is 0 Å². The molecule has 74 valence electrons. The van der Waals surface area contributed by atoms with E-state index in [1.165, 1.54) is 0 Å². The molecular weight excluding hydrogens is 182 g/mol. The van der Waals surface area contributed by atoms with Crippen molar-refractivity contribution in [1.82, 2.24) is 4.98 Å². The van der Waals surface area contributed by atoms with Gasteiger partial charge < -0.3 is 9.72 Å². The van der Waals surface area contributed by atoms with E-state index in [1.807, 2.05) is 20.0 Å². The fraction of sp³-hybridized carbons (Fsp3) is 0.400. The highest BCUT2D eigenvalue weighted by Crippen LogP contribution is 2.31. The molecule has 1 aliphatic rings. The summed E-state index contributed by atoms with van der Waals surface area (Å²) in [6, 6.07) is 0. The predicted octanol–water partition coefficient (Wildman–Crippen LogP) is 1.19. The van der Waals surface area contributed by atoms with Crippen molar-refractivity contribution in [2.24, 2.45) is 0 Å². The molecule has 4 heteroatoms. The number of carbonyl (C=O) groups excluding carboxylic acids is 2. The second kappa shape index (κ2) is 2.97. The highest BCUT2D eigenvalue weighted by Gasteiger charge is 2.36. The normalized spacial score (nSPS) is 21.4. The number of ether oxygens (including phenoxy) is 1. The third-order valence-electron chi connectivity index (χ3n) is 2.55. The van der Waals surface area contributed by atoms with E-state index in [1.54, 1.807) is 0 Å². The van der Waals surface area contributed by atoms with Crippen LogP contribution < -0.4 is 0 Å². The molecule has 0 aromatic carbocycles. The number of H-pyrrole nitrogens is 1. The second-order valence-electron chi connectivity index (χ2n) is 3.56. The van der Waals surface area contributed by atoms with E-state index in [2.05, 4.69) is 9.72 Å². The van der Waals surface area contributed by atoms with E-state index in [-0.39, 0.29) is 6.42 Å². The predicted molar refractivity (Wildman–Crippen MR) is 48.7 cm³/mol. The molecule has 2 heterocycles. The molecule has 0 aliphatic carbocycles. The minimum atomic E-state index is -0.431. The van der Waals surface area contributed by atoms with Gasteiger partial charge in [-0.3, -0.25) is 9.59 Å². The van der Waals surface area contributed by atoms with Crippen molar-refractivity contribution in [3.63, 3.8) is 0 Å². The van der Waals surface area contributed by atoms with Gasteiger partial charge in [-0.1, -0.05) is 0 Å². The first-order valence-corrected chi connectivity index (χ1v) is 4.48. The zero-order valence-corrected chi connectivity index (χ0v) is 8.09. The van der Waals surface area contributed by atoms with Crippen LogP contribution >= 0.6 is 0 Å². The van der Waals surface area contributed by atoms with Gasteiger partial charge in [0.25, 0.3) is 0 Å². The van der Waals surface area contributed by atoms with Crippen LogP contribution in [0.2, 0.25) is 0 Å². The summed E-state index contributed by atoms with van der Waals surface area (Å²) in [4.78, 5) is 25.3. The van der Waals surface area contributed by atoms with Crippen LogP contribution in [0.1, 0.15) is 29.2 Å². The molecule has 0 bridgehead atoms. The Morgan fingerprint density at radius 2 is 2.14 bits per heavy atom. The van der Waals surface area contributed by atoms with Gasteiger partial charge in [0.1, 0.15) is 0 Å². The molecule has 0 amide bonds. The van der Waals surface area contributed by atoms with Crippen LogP contribution in [0.15, 0.2) is 6.20 Å². The Balaban J connectivity index is 2.40. The Bertz CT molecular complexity index is 386. The number of rotatable bonds is 1. The van der Waals surface area contributed by atoms with E-state index in [0.717, 1.165) is 16.8 Å². The highest BCUT2D eigenvalue weighted by atomic mass is 16.6. The molecular formula is C10H11NO3. The molecule has 1 fully saturated rings. The van der Waals surface area contributed by atoms with Crippen LogP contribution in [0.5, 0.6) is 0 Å². The number of nitrogens with one attached hydrogen (secondary N) is 1. The lowest BCUT2D eigenvalue weighted by atomic mass is 9.95. The lowest BCUT2D eigenvalue weighted by Crippen LogP contribution is -2.07. The number of aryl methyl sites for hydroxylation is 2. The van der Waals surface area contributed by atoms with Crippen molar-refractivity contribution in [2.75, 3.05) is 0 Å². The number of carbonyl (C=O) groups is 2. The fourth-order valence-electron chi connectivity index (χ4n) is 1.90. The van der Waals surface area contributed by atoms with E-state index in [4.69, 9.17) is 0 Å². The molecule has 1 N–H and O–H groups in total. The summed E-state index contributed by atoms with van der Waals surface area (Å²) in [6.07, 6.45) is 2.00. The molecule has 2 rings (SSSR count).